The molecule has 0 spiro atoms. The molecule has 0 saturated heterocycles. The van der Waals surface area contributed by atoms with Crippen molar-refractivity contribution in [1.29, 1.82) is 0 Å². The molecule has 0 radical (unpaired) electrons. The summed E-state index contributed by atoms with van der Waals surface area (Å²) in [4.78, 5) is 27.8. The lowest BCUT2D eigenvalue weighted by Crippen LogP contribution is -2.12. The maximum absolute atomic E-state index is 13.1. The van der Waals surface area contributed by atoms with E-state index in [0.29, 0.717) is 5.56 Å². The zero-order chi connectivity index (χ0) is 17.6. The van der Waals surface area contributed by atoms with E-state index in [0.717, 1.165) is 27.9 Å². The monoisotopic (exact) mass is 330 g/mol. The Morgan fingerprint density at radius 2 is 1.76 bits per heavy atom. The first-order valence-corrected chi connectivity index (χ1v) is 7.91. The number of carbonyl (C=O) groups excluding carboxylic acids is 1. The number of nitro groups is 1. The van der Waals surface area contributed by atoms with Crippen LogP contribution in [0.25, 0.3) is 11.1 Å². The summed E-state index contributed by atoms with van der Waals surface area (Å²) in [5.41, 5.74) is 5.24. The molecule has 5 nitrogen and oxygen atoms in total. The number of aryl methyl sites for hydroxylation is 1. The maximum Gasteiger partial charge on any atom is 0.269 e. The second kappa shape index (κ2) is 5.63. The highest BCUT2D eigenvalue weighted by molar-refractivity contribution is 6.07. The molecule has 1 heterocycles. The average Bonchev–Trinajstić information content (AvgIpc) is 2.95. The van der Waals surface area contributed by atoms with E-state index in [2.05, 4.69) is 4.98 Å². The Kier molecular flexibility index (Phi) is 3.42. The Balaban J connectivity index is 1.82. The van der Waals surface area contributed by atoms with Crippen LogP contribution in [-0.4, -0.2) is 15.7 Å². The van der Waals surface area contributed by atoms with Crippen molar-refractivity contribution in [3.8, 4) is 11.1 Å². The van der Waals surface area contributed by atoms with Crippen molar-refractivity contribution >= 4 is 11.5 Å². The normalized spacial score (nSPS) is 14.7. The molecule has 1 aliphatic carbocycles. The van der Waals surface area contributed by atoms with Gasteiger partial charge in [0.15, 0.2) is 5.78 Å². The fraction of sp³-hybridized carbons (Fsp3) is 0.100. The summed E-state index contributed by atoms with van der Waals surface area (Å²) in [6.45, 7) is 1.92. The van der Waals surface area contributed by atoms with Gasteiger partial charge >= 0.3 is 0 Å². The second-order valence-electron chi connectivity index (χ2n) is 6.10. The lowest BCUT2D eigenvalue weighted by Gasteiger charge is -2.12. The van der Waals surface area contributed by atoms with Crippen LogP contribution in [0.3, 0.4) is 0 Å². The minimum Gasteiger partial charge on any atom is -0.293 e. The van der Waals surface area contributed by atoms with E-state index in [1.807, 2.05) is 37.3 Å². The van der Waals surface area contributed by atoms with Crippen LogP contribution in [0.15, 0.2) is 60.8 Å². The van der Waals surface area contributed by atoms with E-state index < -0.39 is 10.8 Å². The maximum atomic E-state index is 13.1. The van der Waals surface area contributed by atoms with Crippen LogP contribution in [0, 0.1) is 17.0 Å². The number of non-ortho nitro benzene ring substituents is 1. The third kappa shape index (κ3) is 2.41. The Bertz CT molecular complexity index is 1010. The third-order valence-electron chi connectivity index (χ3n) is 4.57. The SMILES string of the molecule is Cc1cc2c(cn1)C(C(=O)c1ccc([N+](=O)[O-])cc1)c1ccccc1-2. The number of rotatable bonds is 3. The Labute approximate surface area is 144 Å². The highest BCUT2D eigenvalue weighted by Crippen LogP contribution is 2.45. The molecule has 0 bridgehead atoms. The number of Topliss-reactive ketones (excluding diaryl/α,β-unsaturated/α-hetero) is 1. The zero-order valence-corrected chi connectivity index (χ0v) is 13.5. The summed E-state index contributed by atoms with van der Waals surface area (Å²) in [7, 11) is 0. The first kappa shape index (κ1) is 15.2. The molecule has 0 amide bonds. The lowest BCUT2D eigenvalue weighted by atomic mass is 9.89. The molecule has 0 fully saturated rings. The summed E-state index contributed by atoms with van der Waals surface area (Å²) >= 11 is 0. The van der Waals surface area contributed by atoms with Crippen LogP contribution in [-0.2, 0) is 0 Å². The predicted octanol–water partition coefficient (Wildman–Crippen LogP) is 4.29. The van der Waals surface area contributed by atoms with Crippen molar-refractivity contribution in [2.75, 3.05) is 0 Å². The Morgan fingerprint density at radius 1 is 1.04 bits per heavy atom. The Hall–Kier alpha value is -3.34. The molecule has 2 aromatic carbocycles. The molecule has 0 N–H and O–H groups in total. The van der Waals surface area contributed by atoms with Crippen LogP contribution in [0.2, 0.25) is 0 Å². The molecule has 122 valence electrons. The second-order valence-corrected chi connectivity index (χ2v) is 6.10. The minimum absolute atomic E-state index is 0.0268. The van der Waals surface area contributed by atoms with Gasteiger partial charge in [-0.2, -0.15) is 0 Å². The molecule has 1 unspecified atom stereocenters. The van der Waals surface area contributed by atoms with E-state index in [4.69, 9.17) is 0 Å². The molecule has 4 rings (SSSR count). The number of fused-ring (bicyclic) bond motifs is 3. The van der Waals surface area contributed by atoms with E-state index in [1.165, 1.54) is 24.3 Å². The molecule has 3 aromatic rings. The highest BCUT2D eigenvalue weighted by Gasteiger charge is 2.34. The summed E-state index contributed by atoms with van der Waals surface area (Å²) in [5, 5.41) is 10.8. The zero-order valence-electron chi connectivity index (χ0n) is 13.5. The van der Waals surface area contributed by atoms with Crippen LogP contribution < -0.4 is 0 Å². The van der Waals surface area contributed by atoms with Crippen LogP contribution in [0.1, 0.15) is 33.1 Å². The van der Waals surface area contributed by atoms with E-state index in [1.54, 1.807) is 6.20 Å². The number of hydrogen-bond donors (Lipinski definition) is 0. The number of pyridine rings is 1. The van der Waals surface area contributed by atoms with Gasteiger partial charge in [0.05, 0.1) is 10.8 Å². The molecule has 1 aromatic heterocycles. The first-order chi connectivity index (χ1) is 12.1. The van der Waals surface area contributed by atoms with Crippen LogP contribution >= 0.6 is 0 Å². The van der Waals surface area contributed by atoms with Crippen molar-refractivity contribution in [2.45, 2.75) is 12.8 Å². The van der Waals surface area contributed by atoms with Gasteiger partial charge in [-0.15, -0.1) is 0 Å². The molecule has 25 heavy (non-hydrogen) atoms. The average molecular weight is 330 g/mol. The van der Waals surface area contributed by atoms with Gasteiger partial charge in [-0.3, -0.25) is 19.9 Å². The van der Waals surface area contributed by atoms with Crippen LogP contribution in [0.5, 0.6) is 0 Å². The van der Waals surface area contributed by atoms with Crippen molar-refractivity contribution in [3.63, 3.8) is 0 Å². The fourth-order valence-electron chi connectivity index (χ4n) is 3.39. The van der Waals surface area contributed by atoms with Crippen LogP contribution in [0.4, 0.5) is 5.69 Å². The molecule has 1 aliphatic rings. The van der Waals surface area contributed by atoms with Gasteiger partial charge in [-0.1, -0.05) is 24.3 Å². The number of nitro benzene ring substituents is 1. The number of ketones is 1. The standard InChI is InChI=1S/C20H14N2O3/c1-12-10-17-15-4-2-3-5-16(15)19(18(17)11-21-12)20(23)13-6-8-14(9-7-13)22(24)25/h2-11,19H,1H3. The largest absolute Gasteiger partial charge is 0.293 e. The van der Waals surface area contributed by atoms with E-state index in [-0.39, 0.29) is 11.5 Å². The van der Waals surface area contributed by atoms with Gasteiger partial charge in [0.1, 0.15) is 0 Å². The number of hydrogen-bond acceptors (Lipinski definition) is 4. The number of nitrogens with zero attached hydrogens (tertiary/aromatic N) is 2. The third-order valence-corrected chi connectivity index (χ3v) is 4.57. The fourth-order valence-corrected chi connectivity index (χ4v) is 3.39. The predicted molar refractivity (Wildman–Crippen MR) is 93.7 cm³/mol. The molecule has 0 aliphatic heterocycles. The van der Waals surface area contributed by atoms with Gasteiger partial charge in [0, 0.05) is 29.6 Å². The van der Waals surface area contributed by atoms with Gasteiger partial charge < -0.3 is 0 Å². The number of benzene rings is 2. The van der Waals surface area contributed by atoms with Gasteiger partial charge in [-0.25, -0.2) is 0 Å². The van der Waals surface area contributed by atoms with Crippen molar-refractivity contribution in [3.05, 3.63) is 93.3 Å². The highest BCUT2D eigenvalue weighted by atomic mass is 16.6. The molecule has 1 atom stereocenters. The van der Waals surface area contributed by atoms with Gasteiger partial charge in [0.25, 0.3) is 5.69 Å². The van der Waals surface area contributed by atoms with Crippen molar-refractivity contribution in [2.24, 2.45) is 0 Å². The topological polar surface area (TPSA) is 73.1 Å². The molecule has 0 saturated carbocycles. The first-order valence-electron chi connectivity index (χ1n) is 7.91. The molecule has 5 heteroatoms. The summed E-state index contributed by atoms with van der Waals surface area (Å²) < 4.78 is 0. The van der Waals surface area contributed by atoms with E-state index >= 15 is 0 Å². The summed E-state index contributed by atoms with van der Waals surface area (Å²) in [6.07, 6.45) is 1.76. The smallest absolute Gasteiger partial charge is 0.269 e. The van der Waals surface area contributed by atoms with Gasteiger partial charge in [0.2, 0.25) is 0 Å². The molecular formula is C20H14N2O3. The lowest BCUT2D eigenvalue weighted by molar-refractivity contribution is -0.384. The summed E-state index contributed by atoms with van der Waals surface area (Å²) in [5.74, 6) is -0.507. The Morgan fingerprint density at radius 3 is 2.48 bits per heavy atom. The quantitative estimate of drug-likeness (QED) is 0.408. The summed E-state index contributed by atoms with van der Waals surface area (Å²) in [6, 6.07) is 15.6. The number of carbonyl (C=O) groups is 1. The van der Waals surface area contributed by atoms with E-state index in [9.17, 15) is 14.9 Å². The van der Waals surface area contributed by atoms with Crippen molar-refractivity contribution < 1.29 is 9.72 Å². The van der Waals surface area contributed by atoms with Gasteiger partial charge in [-0.05, 0) is 47.4 Å². The number of aromatic nitrogens is 1. The minimum atomic E-state index is -0.471. The molecular weight excluding hydrogens is 316 g/mol. The van der Waals surface area contributed by atoms with Crippen molar-refractivity contribution in [1.82, 2.24) is 4.98 Å².